The van der Waals surface area contributed by atoms with Gasteiger partial charge in [0.1, 0.15) is 6.33 Å². The molecule has 0 radical (unpaired) electrons. The van der Waals surface area contributed by atoms with Crippen molar-refractivity contribution in [3.05, 3.63) is 66.0 Å². The molecule has 0 atom stereocenters. The highest BCUT2D eigenvalue weighted by Crippen LogP contribution is 2.18. The summed E-state index contributed by atoms with van der Waals surface area (Å²) in [5.41, 5.74) is 3.96. The van der Waals surface area contributed by atoms with E-state index >= 15 is 0 Å². The minimum atomic E-state index is -0.0650. The number of thioether (sulfide) groups is 1. The van der Waals surface area contributed by atoms with Gasteiger partial charge in [0.05, 0.1) is 11.4 Å². The van der Waals surface area contributed by atoms with E-state index in [1.54, 1.807) is 11.0 Å². The maximum absolute atomic E-state index is 12.1. The zero-order valence-electron chi connectivity index (χ0n) is 13.6. The van der Waals surface area contributed by atoms with Crippen molar-refractivity contribution >= 4 is 23.4 Å². The van der Waals surface area contributed by atoms with Gasteiger partial charge in [-0.15, -0.1) is 5.10 Å². The van der Waals surface area contributed by atoms with Gasteiger partial charge in [-0.05, 0) is 43.2 Å². The fraction of sp³-hybridized carbons (Fsp3) is 0.167. The number of nitrogens with one attached hydrogen (secondary N) is 1. The van der Waals surface area contributed by atoms with Gasteiger partial charge in [-0.1, -0.05) is 42.1 Å². The molecule has 0 fully saturated rings. The van der Waals surface area contributed by atoms with E-state index in [0.29, 0.717) is 5.16 Å². The third kappa shape index (κ3) is 4.02. The second-order valence-electron chi connectivity index (χ2n) is 5.46. The summed E-state index contributed by atoms with van der Waals surface area (Å²) in [5, 5.41) is 7.90. The molecule has 5 nitrogen and oxygen atoms in total. The zero-order valence-corrected chi connectivity index (χ0v) is 14.4. The Bertz CT molecular complexity index is 845. The van der Waals surface area contributed by atoms with Crippen molar-refractivity contribution in [2.45, 2.75) is 19.0 Å². The van der Waals surface area contributed by atoms with Crippen LogP contribution >= 0.6 is 11.8 Å². The molecule has 0 aliphatic heterocycles. The highest BCUT2D eigenvalue weighted by molar-refractivity contribution is 7.99. The van der Waals surface area contributed by atoms with E-state index in [-0.39, 0.29) is 11.7 Å². The first-order valence-electron chi connectivity index (χ1n) is 7.59. The molecule has 1 aromatic heterocycles. The van der Waals surface area contributed by atoms with Crippen LogP contribution in [0.3, 0.4) is 0 Å². The van der Waals surface area contributed by atoms with Gasteiger partial charge < -0.3 is 5.32 Å². The van der Waals surface area contributed by atoms with E-state index in [1.165, 1.54) is 11.8 Å². The van der Waals surface area contributed by atoms with Crippen LogP contribution in [0, 0.1) is 13.8 Å². The molecule has 0 spiro atoms. The van der Waals surface area contributed by atoms with Crippen LogP contribution in [0.1, 0.15) is 11.1 Å². The second-order valence-corrected chi connectivity index (χ2v) is 6.40. The average molecular weight is 338 g/mol. The fourth-order valence-corrected chi connectivity index (χ4v) is 2.81. The van der Waals surface area contributed by atoms with Crippen LogP contribution in [0.5, 0.6) is 0 Å². The van der Waals surface area contributed by atoms with Crippen molar-refractivity contribution in [3.63, 3.8) is 0 Å². The van der Waals surface area contributed by atoms with Crippen LogP contribution in [0.2, 0.25) is 0 Å². The number of aryl methyl sites for hydroxylation is 2. The van der Waals surface area contributed by atoms with Crippen molar-refractivity contribution in [2.75, 3.05) is 11.1 Å². The van der Waals surface area contributed by atoms with Crippen LogP contribution in [-0.2, 0) is 4.79 Å². The minimum Gasteiger partial charge on any atom is -0.325 e. The number of nitrogens with zero attached hydrogens (tertiary/aromatic N) is 3. The van der Waals surface area contributed by atoms with Crippen LogP contribution < -0.4 is 5.32 Å². The van der Waals surface area contributed by atoms with Gasteiger partial charge in [-0.25, -0.2) is 9.67 Å². The summed E-state index contributed by atoms with van der Waals surface area (Å²) < 4.78 is 1.70. The molecular formula is C18H18N4OS. The van der Waals surface area contributed by atoms with Crippen molar-refractivity contribution < 1.29 is 4.79 Å². The minimum absolute atomic E-state index is 0.0650. The van der Waals surface area contributed by atoms with E-state index in [9.17, 15) is 4.79 Å². The van der Waals surface area contributed by atoms with E-state index in [2.05, 4.69) is 15.4 Å². The van der Waals surface area contributed by atoms with Gasteiger partial charge in [0.25, 0.3) is 0 Å². The molecule has 2 aromatic carbocycles. The highest BCUT2D eigenvalue weighted by atomic mass is 32.2. The number of benzene rings is 2. The van der Waals surface area contributed by atoms with E-state index in [4.69, 9.17) is 0 Å². The number of aromatic nitrogens is 3. The Kier molecular flexibility index (Phi) is 4.96. The molecule has 0 saturated heterocycles. The third-order valence-electron chi connectivity index (χ3n) is 3.49. The number of anilines is 1. The molecule has 122 valence electrons. The van der Waals surface area contributed by atoms with Crippen LogP contribution in [-0.4, -0.2) is 26.4 Å². The van der Waals surface area contributed by atoms with E-state index in [1.807, 2.05) is 62.4 Å². The largest absolute Gasteiger partial charge is 0.325 e. The lowest BCUT2D eigenvalue weighted by molar-refractivity contribution is -0.113. The molecule has 1 amide bonds. The van der Waals surface area contributed by atoms with Crippen molar-refractivity contribution in [1.29, 1.82) is 0 Å². The third-order valence-corrected chi connectivity index (χ3v) is 4.34. The van der Waals surface area contributed by atoms with Crippen molar-refractivity contribution in [3.8, 4) is 5.69 Å². The Balaban J connectivity index is 1.59. The summed E-state index contributed by atoms with van der Waals surface area (Å²) in [7, 11) is 0. The predicted octanol–water partition coefficient (Wildman–Crippen LogP) is 3.61. The Labute approximate surface area is 145 Å². The molecule has 3 aromatic rings. The van der Waals surface area contributed by atoms with Gasteiger partial charge in [0.2, 0.25) is 11.1 Å². The lowest BCUT2D eigenvalue weighted by Gasteiger charge is -2.08. The lowest BCUT2D eigenvalue weighted by atomic mass is 10.1. The molecule has 1 heterocycles. The SMILES string of the molecule is Cc1ccc(C)c(NC(=O)CSc2ncn(-c3ccccc3)n2)c1. The number of hydrogen-bond donors (Lipinski definition) is 1. The van der Waals surface area contributed by atoms with Crippen LogP contribution in [0.15, 0.2) is 60.0 Å². The molecule has 24 heavy (non-hydrogen) atoms. The van der Waals surface area contributed by atoms with E-state index < -0.39 is 0 Å². The topological polar surface area (TPSA) is 59.8 Å². The molecule has 0 aliphatic rings. The number of carbonyl (C=O) groups is 1. The normalized spacial score (nSPS) is 10.6. The average Bonchev–Trinajstić information content (AvgIpc) is 3.06. The molecule has 0 unspecified atom stereocenters. The molecule has 3 rings (SSSR count). The molecule has 6 heteroatoms. The van der Waals surface area contributed by atoms with Gasteiger partial charge in [0, 0.05) is 5.69 Å². The Morgan fingerprint density at radius 1 is 1.17 bits per heavy atom. The molecule has 1 N–H and O–H groups in total. The predicted molar refractivity (Wildman–Crippen MR) is 96.6 cm³/mol. The Hall–Kier alpha value is -2.60. The zero-order chi connectivity index (χ0) is 16.9. The number of para-hydroxylation sites is 1. The number of rotatable bonds is 5. The number of hydrogen-bond acceptors (Lipinski definition) is 4. The quantitative estimate of drug-likeness (QED) is 0.722. The summed E-state index contributed by atoms with van der Waals surface area (Å²) >= 11 is 1.32. The molecule has 0 saturated carbocycles. The van der Waals surface area contributed by atoms with Crippen molar-refractivity contribution in [1.82, 2.24) is 14.8 Å². The van der Waals surface area contributed by atoms with Gasteiger partial charge >= 0.3 is 0 Å². The Morgan fingerprint density at radius 2 is 1.96 bits per heavy atom. The molecule has 0 bridgehead atoms. The summed E-state index contributed by atoms with van der Waals surface area (Å²) in [5.74, 6) is 0.205. The first kappa shape index (κ1) is 16.3. The first-order chi connectivity index (χ1) is 11.6. The summed E-state index contributed by atoms with van der Waals surface area (Å²) in [6.45, 7) is 3.98. The first-order valence-corrected chi connectivity index (χ1v) is 8.57. The van der Waals surface area contributed by atoms with Gasteiger partial charge in [0.15, 0.2) is 0 Å². The highest BCUT2D eigenvalue weighted by Gasteiger charge is 2.09. The number of amides is 1. The molecule has 0 aliphatic carbocycles. The van der Waals surface area contributed by atoms with Crippen LogP contribution in [0.25, 0.3) is 5.69 Å². The lowest BCUT2D eigenvalue weighted by Crippen LogP contribution is -2.15. The smallest absolute Gasteiger partial charge is 0.234 e. The second kappa shape index (κ2) is 7.31. The summed E-state index contributed by atoms with van der Waals surface area (Å²) in [6, 6.07) is 15.8. The van der Waals surface area contributed by atoms with Crippen LogP contribution in [0.4, 0.5) is 5.69 Å². The van der Waals surface area contributed by atoms with Crippen molar-refractivity contribution in [2.24, 2.45) is 0 Å². The summed E-state index contributed by atoms with van der Waals surface area (Å²) in [4.78, 5) is 16.4. The van der Waals surface area contributed by atoms with Gasteiger partial charge in [-0.3, -0.25) is 4.79 Å². The van der Waals surface area contributed by atoms with Gasteiger partial charge in [-0.2, -0.15) is 0 Å². The maximum Gasteiger partial charge on any atom is 0.234 e. The number of carbonyl (C=O) groups excluding carboxylic acids is 1. The monoisotopic (exact) mass is 338 g/mol. The fourth-order valence-electron chi connectivity index (χ4n) is 2.21. The molecular weight excluding hydrogens is 320 g/mol. The maximum atomic E-state index is 12.1. The summed E-state index contributed by atoms with van der Waals surface area (Å²) in [6.07, 6.45) is 1.65. The standard InChI is InChI=1S/C18H18N4OS/c1-13-8-9-14(2)16(10-13)20-17(23)11-24-18-19-12-22(21-18)15-6-4-3-5-7-15/h3-10,12H,11H2,1-2H3,(H,20,23). The Morgan fingerprint density at radius 3 is 2.75 bits per heavy atom. The van der Waals surface area contributed by atoms with E-state index in [0.717, 1.165) is 22.5 Å².